The van der Waals surface area contributed by atoms with Gasteiger partial charge in [-0.25, -0.2) is 0 Å². The Labute approximate surface area is 123 Å². The molecule has 0 saturated heterocycles. The summed E-state index contributed by atoms with van der Waals surface area (Å²) in [6.45, 7) is 2.31. The molecule has 0 aromatic heterocycles. The molecule has 1 aliphatic rings. The van der Waals surface area contributed by atoms with E-state index in [1.54, 1.807) is 0 Å². The third-order valence-corrected chi connectivity index (χ3v) is 4.14. The topological polar surface area (TPSA) is 41.5 Å². The molecule has 1 aromatic rings. The number of nitrogens with one attached hydrogen (secondary N) is 1. The molecule has 106 valence electrons. The van der Waals surface area contributed by atoms with Crippen molar-refractivity contribution in [2.45, 2.75) is 31.2 Å². The van der Waals surface area contributed by atoms with Gasteiger partial charge in [-0.05, 0) is 49.4 Å². The van der Waals surface area contributed by atoms with E-state index in [0.29, 0.717) is 12.6 Å². The van der Waals surface area contributed by atoms with Crippen LogP contribution >= 0.6 is 15.9 Å². The van der Waals surface area contributed by atoms with Gasteiger partial charge in [0.1, 0.15) is 0 Å². The van der Waals surface area contributed by atoms with E-state index in [2.05, 4.69) is 45.5 Å². The van der Waals surface area contributed by atoms with Gasteiger partial charge in [0, 0.05) is 17.1 Å². The van der Waals surface area contributed by atoms with E-state index in [-0.39, 0.29) is 6.61 Å². The van der Waals surface area contributed by atoms with Crippen LogP contribution in [0, 0.1) is 0 Å². The van der Waals surface area contributed by atoms with E-state index < -0.39 is 0 Å². The Morgan fingerprint density at radius 2 is 1.95 bits per heavy atom. The van der Waals surface area contributed by atoms with Crippen molar-refractivity contribution in [2.24, 2.45) is 0 Å². The summed E-state index contributed by atoms with van der Waals surface area (Å²) in [7, 11) is 0. The fraction of sp³-hybridized carbons (Fsp3) is 0.600. The standard InChI is InChI=1S/C15H22BrNO2/c16-14-4-2-12(3-5-14)13-10-15(11-13)17-6-1-8-19-9-7-18/h2-5,13,15,17-18H,1,6-11H2. The Morgan fingerprint density at radius 3 is 2.63 bits per heavy atom. The maximum atomic E-state index is 8.57. The quantitative estimate of drug-likeness (QED) is 0.721. The van der Waals surface area contributed by atoms with Gasteiger partial charge in [0.15, 0.2) is 0 Å². The summed E-state index contributed by atoms with van der Waals surface area (Å²) >= 11 is 3.47. The lowest BCUT2D eigenvalue weighted by molar-refractivity contribution is 0.0897. The molecule has 0 spiro atoms. The first-order valence-electron chi connectivity index (χ1n) is 6.97. The van der Waals surface area contributed by atoms with Crippen molar-refractivity contribution in [1.82, 2.24) is 5.32 Å². The summed E-state index contributed by atoms with van der Waals surface area (Å²) in [5.74, 6) is 0.719. The fourth-order valence-electron chi connectivity index (χ4n) is 2.44. The smallest absolute Gasteiger partial charge is 0.0697 e. The van der Waals surface area contributed by atoms with Crippen LogP contribution in [-0.4, -0.2) is 37.5 Å². The molecule has 0 radical (unpaired) electrons. The molecule has 1 aromatic carbocycles. The number of rotatable bonds is 8. The van der Waals surface area contributed by atoms with E-state index in [9.17, 15) is 0 Å². The van der Waals surface area contributed by atoms with Crippen LogP contribution in [0.5, 0.6) is 0 Å². The van der Waals surface area contributed by atoms with Crippen molar-refractivity contribution >= 4 is 15.9 Å². The summed E-state index contributed by atoms with van der Waals surface area (Å²) in [4.78, 5) is 0. The molecule has 0 atom stereocenters. The molecule has 2 N–H and O–H groups in total. The Morgan fingerprint density at radius 1 is 1.21 bits per heavy atom. The third-order valence-electron chi connectivity index (χ3n) is 3.61. The highest BCUT2D eigenvalue weighted by Crippen LogP contribution is 2.37. The zero-order valence-electron chi connectivity index (χ0n) is 11.1. The second-order valence-electron chi connectivity index (χ2n) is 5.06. The maximum absolute atomic E-state index is 8.57. The summed E-state index contributed by atoms with van der Waals surface area (Å²) in [6.07, 6.45) is 3.48. The second kappa shape index (κ2) is 8.00. The third kappa shape index (κ3) is 4.88. The largest absolute Gasteiger partial charge is 0.394 e. The number of aliphatic hydroxyl groups is 1. The van der Waals surface area contributed by atoms with Gasteiger partial charge in [-0.15, -0.1) is 0 Å². The van der Waals surface area contributed by atoms with Crippen LogP contribution in [0.1, 0.15) is 30.7 Å². The molecule has 1 saturated carbocycles. The molecule has 3 nitrogen and oxygen atoms in total. The minimum Gasteiger partial charge on any atom is -0.394 e. The predicted molar refractivity (Wildman–Crippen MR) is 80.4 cm³/mol. The van der Waals surface area contributed by atoms with E-state index in [0.717, 1.165) is 30.0 Å². The lowest BCUT2D eigenvalue weighted by Crippen LogP contribution is -2.40. The number of benzene rings is 1. The minimum atomic E-state index is 0.116. The zero-order valence-corrected chi connectivity index (χ0v) is 12.7. The number of halogens is 1. The molecule has 1 fully saturated rings. The molecule has 0 bridgehead atoms. The minimum absolute atomic E-state index is 0.116. The van der Waals surface area contributed by atoms with Crippen molar-refractivity contribution < 1.29 is 9.84 Å². The summed E-state index contributed by atoms with van der Waals surface area (Å²) in [6, 6.07) is 9.33. The molecule has 0 unspecified atom stereocenters. The first-order chi connectivity index (χ1) is 9.29. The molecule has 0 heterocycles. The lowest BCUT2D eigenvalue weighted by Gasteiger charge is -2.36. The molecular formula is C15H22BrNO2. The maximum Gasteiger partial charge on any atom is 0.0697 e. The Hall–Kier alpha value is -0.420. The van der Waals surface area contributed by atoms with Crippen molar-refractivity contribution in [3.05, 3.63) is 34.3 Å². The van der Waals surface area contributed by atoms with Gasteiger partial charge in [0.25, 0.3) is 0 Å². The first kappa shape index (κ1) is 15.0. The highest BCUT2D eigenvalue weighted by atomic mass is 79.9. The Kier molecular flexibility index (Phi) is 6.31. The fourth-order valence-corrected chi connectivity index (χ4v) is 2.70. The molecule has 0 aliphatic heterocycles. The van der Waals surface area contributed by atoms with Crippen LogP contribution in [0.15, 0.2) is 28.7 Å². The van der Waals surface area contributed by atoms with Gasteiger partial charge < -0.3 is 15.2 Å². The number of aliphatic hydroxyl groups excluding tert-OH is 1. The number of hydrogen-bond acceptors (Lipinski definition) is 3. The van der Waals surface area contributed by atoms with Gasteiger partial charge in [-0.3, -0.25) is 0 Å². The van der Waals surface area contributed by atoms with E-state index in [1.807, 2.05) is 0 Å². The normalized spacial score (nSPS) is 22.2. The van der Waals surface area contributed by atoms with E-state index >= 15 is 0 Å². The predicted octanol–water partition coefficient (Wildman–Crippen LogP) is 2.68. The van der Waals surface area contributed by atoms with Crippen LogP contribution in [0.3, 0.4) is 0 Å². The molecule has 0 amide bonds. The van der Waals surface area contributed by atoms with E-state index in [4.69, 9.17) is 9.84 Å². The second-order valence-corrected chi connectivity index (χ2v) is 5.98. The van der Waals surface area contributed by atoms with E-state index in [1.165, 1.54) is 18.4 Å². The van der Waals surface area contributed by atoms with Crippen LogP contribution < -0.4 is 5.32 Å². The molecule has 4 heteroatoms. The highest BCUT2D eigenvalue weighted by Gasteiger charge is 2.29. The van der Waals surface area contributed by atoms with Gasteiger partial charge in [0.05, 0.1) is 13.2 Å². The van der Waals surface area contributed by atoms with Crippen LogP contribution in [0.2, 0.25) is 0 Å². The van der Waals surface area contributed by atoms with Gasteiger partial charge in [-0.1, -0.05) is 28.1 Å². The zero-order chi connectivity index (χ0) is 13.5. The SMILES string of the molecule is OCCOCCCNC1CC(c2ccc(Br)cc2)C1. The molecule has 2 rings (SSSR count). The summed E-state index contributed by atoms with van der Waals surface area (Å²) in [5, 5.41) is 12.1. The van der Waals surface area contributed by atoms with Crippen molar-refractivity contribution in [3.8, 4) is 0 Å². The van der Waals surface area contributed by atoms with Gasteiger partial charge >= 0.3 is 0 Å². The van der Waals surface area contributed by atoms with Gasteiger partial charge in [0.2, 0.25) is 0 Å². The average molecular weight is 328 g/mol. The van der Waals surface area contributed by atoms with Crippen molar-refractivity contribution in [2.75, 3.05) is 26.4 Å². The molecule has 19 heavy (non-hydrogen) atoms. The number of hydrogen-bond donors (Lipinski definition) is 2. The van der Waals surface area contributed by atoms with Crippen LogP contribution in [0.25, 0.3) is 0 Å². The monoisotopic (exact) mass is 327 g/mol. The van der Waals surface area contributed by atoms with Gasteiger partial charge in [-0.2, -0.15) is 0 Å². The first-order valence-corrected chi connectivity index (χ1v) is 7.76. The lowest BCUT2D eigenvalue weighted by atomic mass is 9.76. The molecular weight excluding hydrogens is 306 g/mol. The molecule has 1 aliphatic carbocycles. The highest BCUT2D eigenvalue weighted by molar-refractivity contribution is 9.10. The summed E-state index contributed by atoms with van der Waals surface area (Å²) in [5.41, 5.74) is 1.45. The Balaban J connectivity index is 1.55. The van der Waals surface area contributed by atoms with Crippen molar-refractivity contribution in [1.29, 1.82) is 0 Å². The Bertz CT molecular complexity index is 363. The number of ether oxygens (including phenoxy) is 1. The van der Waals surface area contributed by atoms with Crippen molar-refractivity contribution in [3.63, 3.8) is 0 Å². The van der Waals surface area contributed by atoms with Crippen LogP contribution in [0.4, 0.5) is 0 Å². The summed E-state index contributed by atoms with van der Waals surface area (Å²) < 4.78 is 6.37. The average Bonchev–Trinajstić information content (AvgIpc) is 2.37. The van der Waals surface area contributed by atoms with Crippen LogP contribution in [-0.2, 0) is 4.74 Å².